The molecule has 0 fully saturated rings. The van der Waals surface area contributed by atoms with Gasteiger partial charge in [-0.05, 0) is 48.7 Å². The monoisotopic (exact) mass is 410 g/mol. The molecule has 1 amide bonds. The molecule has 27 heavy (non-hydrogen) atoms. The van der Waals surface area contributed by atoms with Crippen molar-refractivity contribution in [2.24, 2.45) is 0 Å². The van der Waals surface area contributed by atoms with Crippen LogP contribution in [-0.2, 0) is 19.6 Å². The lowest BCUT2D eigenvalue weighted by molar-refractivity contribution is -0.118. The van der Waals surface area contributed by atoms with E-state index in [1.807, 2.05) is 24.5 Å². The van der Waals surface area contributed by atoms with Gasteiger partial charge in [-0.2, -0.15) is 0 Å². The standard InChI is InChI=1S/C18H22N2O5S2/c1-24-11-10-19-27(22,23)17-8-6-15(7-9-17)25-13-18(21)20-14-4-3-5-16(12-14)26-2/h3-9,12,19H,10-11,13H2,1-2H3,(H,20,21). The van der Waals surface area contributed by atoms with Gasteiger partial charge in [0.15, 0.2) is 6.61 Å². The molecule has 0 spiro atoms. The van der Waals surface area contributed by atoms with Gasteiger partial charge in [-0.15, -0.1) is 11.8 Å². The maximum atomic E-state index is 12.1. The van der Waals surface area contributed by atoms with E-state index >= 15 is 0 Å². The Labute approximate surface area is 163 Å². The normalized spacial score (nSPS) is 11.2. The number of benzene rings is 2. The molecule has 0 atom stereocenters. The fourth-order valence-electron chi connectivity index (χ4n) is 2.12. The first kappa shape index (κ1) is 21.2. The zero-order valence-corrected chi connectivity index (χ0v) is 16.7. The van der Waals surface area contributed by atoms with Crippen LogP contribution in [0.4, 0.5) is 5.69 Å². The van der Waals surface area contributed by atoms with E-state index in [0.717, 1.165) is 4.90 Å². The number of hydrogen-bond donors (Lipinski definition) is 2. The molecule has 0 saturated carbocycles. The third kappa shape index (κ3) is 6.87. The zero-order valence-electron chi connectivity index (χ0n) is 15.1. The number of anilines is 1. The fraction of sp³-hybridized carbons (Fsp3) is 0.278. The Kier molecular flexibility index (Phi) is 8.11. The molecule has 2 aromatic rings. The molecule has 0 aliphatic carbocycles. The summed E-state index contributed by atoms with van der Waals surface area (Å²) in [7, 11) is -2.10. The molecule has 0 unspecified atom stereocenters. The van der Waals surface area contributed by atoms with Gasteiger partial charge in [-0.25, -0.2) is 13.1 Å². The van der Waals surface area contributed by atoms with Gasteiger partial charge < -0.3 is 14.8 Å². The molecular formula is C18H22N2O5S2. The lowest BCUT2D eigenvalue weighted by Gasteiger charge is -2.10. The number of thioether (sulfide) groups is 1. The molecule has 0 aliphatic heterocycles. The third-order valence-corrected chi connectivity index (χ3v) is 5.66. The lowest BCUT2D eigenvalue weighted by Crippen LogP contribution is -2.27. The third-order valence-electron chi connectivity index (χ3n) is 3.46. The van der Waals surface area contributed by atoms with Crippen LogP contribution in [0.25, 0.3) is 0 Å². The highest BCUT2D eigenvalue weighted by Gasteiger charge is 2.13. The molecule has 2 N–H and O–H groups in total. The molecule has 146 valence electrons. The Bertz CT molecular complexity index is 854. The van der Waals surface area contributed by atoms with Crippen LogP contribution in [0.15, 0.2) is 58.3 Å². The van der Waals surface area contributed by atoms with Crippen LogP contribution in [0.2, 0.25) is 0 Å². The number of rotatable bonds is 10. The lowest BCUT2D eigenvalue weighted by atomic mass is 10.3. The van der Waals surface area contributed by atoms with Crippen LogP contribution in [0, 0.1) is 0 Å². The van der Waals surface area contributed by atoms with Gasteiger partial charge in [-0.1, -0.05) is 6.07 Å². The van der Waals surface area contributed by atoms with Gasteiger partial charge in [0, 0.05) is 24.2 Å². The Hall–Kier alpha value is -2.07. The molecule has 0 saturated heterocycles. The van der Waals surface area contributed by atoms with Gasteiger partial charge in [0.25, 0.3) is 5.91 Å². The first-order valence-corrected chi connectivity index (χ1v) is 10.8. The summed E-state index contributed by atoms with van der Waals surface area (Å²) in [5, 5.41) is 2.76. The summed E-state index contributed by atoms with van der Waals surface area (Å²) < 4.78 is 36.8. The summed E-state index contributed by atoms with van der Waals surface area (Å²) >= 11 is 1.59. The van der Waals surface area contributed by atoms with Crippen molar-refractivity contribution in [1.29, 1.82) is 0 Å². The average Bonchev–Trinajstić information content (AvgIpc) is 2.67. The van der Waals surface area contributed by atoms with Crippen molar-refractivity contribution < 1.29 is 22.7 Å². The van der Waals surface area contributed by atoms with Crippen molar-refractivity contribution in [2.75, 3.05) is 38.4 Å². The fourth-order valence-corrected chi connectivity index (χ4v) is 3.60. The largest absolute Gasteiger partial charge is 0.484 e. The van der Waals surface area contributed by atoms with E-state index in [0.29, 0.717) is 11.4 Å². The molecule has 2 aromatic carbocycles. The molecular weight excluding hydrogens is 388 g/mol. The van der Waals surface area contributed by atoms with Crippen molar-refractivity contribution in [2.45, 2.75) is 9.79 Å². The predicted molar refractivity (Wildman–Crippen MR) is 106 cm³/mol. The Balaban J connectivity index is 1.88. The maximum absolute atomic E-state index is 12.1. The second-order valence-electron chi connectivity index (χ2n) is 5.43. The van der Waals surface area contributed by atoms with Gasteiger partial charge in [-0.3, -0.25) is 4.79 Å². The first-order valence-electron chi connectivity index (χ1n) is 8.10. The van der Waals surface area contributed by atoms with Crippen molar-refractivity contribution in [3.05, 3.63) is 48.5 Å². The number of carbonyl (C=O) groups is 1. The van der Waals surface area contributed by atoms with E-state index < -0.39 is 10.0 Å². The Morgan fingerprint density at radius 1 is 1.15 bits per heavy atom. The molecule has 0 radical (unpaired) electrons. The van der Waals surface area contributed by atoms with Crippen molar-refractivity contribution in [3.8, 4) is 5.75 Å². The molecule has 0 aliphatic rings. The second-order valence-corrected chi connectivity index (χ2v) is 8.08. The summed E-state index contributed by atoms with van der Waals surface area (Å²) in [4.78, 5) is 13.2. The number of carbonyl (C=O) groups excluding carboxylic acids is 1. The maximum Gasteiger partial charge on any atom is 0.262 e. The minimum absolute atomic E-state index is 0.115. The molecule has 9 heteroatoms. The summed E-state index contributed by atoms with van der Waals surface area (Å²) in [6.45, 7) is 0.298. The molecule has 0 heterocycles. The van der Waals surface area contributed by atoms with Crippen molar-refractivity contribution in [3.63, 3.8) is 0 Å². The van der Waals surface area contributed by atoms with Crippen LogP contribution in [0.5, 0.6) is 5.75 Å². The number of hydrogen-bond acceptors (Lipinski definition) is 6. The topological polar surface area (TPSA) is 93.7 Å². The van der Waals surface area contributed by atoms with Gasteiger partial charge in [0.2, 0.25) is 10.0 Å². The van der Waals surface area contributed by atoms with E-state index in [2.05, 4.69) is 10.0 Å². The van der Waals surface area contributed by atoms with Gasteiger partial charge >= 0.3 is 0 Å². The van der Waals surface area contributed by atoms with Crippen LogP contribution >= 0.6 is 11.8 Å². The second kappa shape index (κ2) is 10.3. The highest BCUT2D eigenvalue weighted by molar-refractivity contribution is 7.98. The minimum Gasteiger partial charge on any atom is -0.484 e. The van der Waals surface area contributed by atoms with E-state index in [1.165, 1.54) is 31.4 Å². The van der Waals surface area contributed by atoms with E-state index in [-0.39, 0.29) is 30.6 Å². The average molecular weight is 411 g/mol. The summed E-state index contributed by atoms with van der Waals surface area (Å²) in [6.07, 6.45) is 1.96. The van der Waals surface area contributed by atoms with Gasteiger partial charge in [0.05, 0.1) is 11.5 Å². The number of amides is 1. The predicted octanol–water partition coefficient (Wildman–Crippen LogP) is 2.35. The molecule has 0 aromatic heterocycles. The van der Waals surface area contributed by atoms with Crippen LogP contribution in [-0.4, -0.2) is 47.4 Å². The minimum atomic E-state index is -3.59. The Morgan fingerprint density at radius 3 is 2.56 bits per heavy atom. The van der Waals surface area contributed by atoms with Crippen LogP contribution in [0.3, 0.4) is 0 Å². The highest BCUT2D eigenvalue weighted by Crippen LogP contribution is 2.19. The van der Waals surface area contributed by atoms with E-state index in [1.54, 1.807) is 17.8 Å². The molecule has 0 bridgehead atoms. The molecule has 2 rings (SSSR count). The number of methoxy groups -OCH3 is 1. The summed E-state index contributed by atoms with van der Waals surface area (Å²) in [6, 6.07) is 13.3. The van der Waals surface area contributed by atoms with E-state index in [4.69, 9.17) is 9.47 Å². The highest BCUT2D eigenvalue weighted by atomic mass is 32.2. The van der Waals surface area contributed by atoms with E-state index in [9.17, 15) is 13.2 Å². The number of nitrogens with one attached hydrogen (secondary N) is 2. The van der Waals surface area contributed by atoms with Crippen LogP contribution < -0.4 is 14.8 Å². The summed E-state index contributed by atoms with van der Waals surface area (Å²) in [5.41, 5.74) is 0.694. The van der Waals surface area contributed by atoms with Gasteiger partial charge in [0.1, 0.15) is 5.75 Å². The summed E-state index contributed by atoms with van der Waals surface area (Å²) in [5.74, 6) is 0.102. The quantitative estimate of drug-likeness (QED) is 0.461. The smallest absolute Gasteiger partial charge is 0.262 e. The first-order chi connectivity index (χ1) is 12.9. The van der Waals surface area contributed by atoms with Crippen molar-refractivity contribution in [1.82, 2.24) is 4.72 Å². The Morgan fingerprint density at radius 2 is 1.89 bits per heavy atom. The van der Waals surface area contributed by atoms with Crippen LogP contribution in [0.1, 0.15) is 0 Å². The SMILES string of the molecule is COCCNS(=O)(=O)c1ccc(OCC(=O)Nc2cccc(SC)c2)cc1. The zero-order chi connectivity index (χ0) is 19.7. The number of ether oxygens (including phenoxy) is 2. The number of sulfonamides is 1. The van der Waals surface area contributed by atoms with Crippen molar-refractivity contribution >= 4 is 33.4 Å². The molecule has 7 nitrogen and oxygen atoms in total.